The molecular formula is C19H30N2O. The van der Waals surface area contributed by atoms with Crippen molar-refractivity contribution in [3.05, 3.63) is 35.9 Å². The number of carbonyl (C=O) groups is 1. The number of piperidine rings is 1. The molecule has 0 bridgehead atoms. The molecule has 1 aromatic rings. The maximum absolute atomic E-state index is 13.0. The van der Waals surface area contributed by atoms with Crippen LogP contribution >= 0.6 is 0 Å². The Morgan fingerprint density at radius 1 is 1.36 bits per heavy atom. The molecule has 1 aliphatic rings. The van der Waals surface area contributed by atoms with E-state index in [-0.39, 0.29) is 17.9 Å². The fourth-order valence-electron chi connectivity index (χ4n) is 3.64. The van der Waals surface area contributed by atoms with Crippen molar-refractivity contribution in [1.29, 1.82) is 0 Å². The van der Waals surface area contributed by atoms with Crippen molar-refractivity contribution in [2.45, 2.75) is 58.5 Å². The van der Waals surface area contributed by atoms with E-state index >= 15 is 0 Å². The number of hydrogen-bond donors (Lipinski definition) is 1. The van der Waals surface area contributed by atoms with Gasteiger partial charge in [-0.2, -0.15) is 0 Å². The third-order valence-electron chi connectivity index (χ3n) is 5.10. The Bertz CT molecular complexity index is 474. The molecule has 1 fully saturated rings. The van der Waals surface area contributed by atoms with Gasteiger partial charge in [-0.05, 0) is 30.7 Å². The highest BCUT2D eigenvalue weighted by molar-refractivity contribution is 5.80. The second-order valence-electron chi connectivity index (χ2n) is 6.73. The van der Waals surface area contributed by atoms with Gasteiger partial charge in [-0.1, -0.05) is 57.5 Å². The SMILES string of the molecule is CCCC1C(C)CCCN1C(=O)C(C)C(N)c1ccccc1. The van der Waals surface area contributed by atoms with Gasteiger partial charge in [-0.25, -0.2) is 0 Å². The van der Waals surface area contributed by atoms with Crippen molar-refractivity contribution in [3.8, 4) is 0 Å². The maximum Gasteiger partial charge on any atom is 0.227 e. The van der Waals surface area contributed by atoms with Crippen LogP contribution in [0.25, 0.3) is 0 Å². The van der Waals surface area contributed by atoms with Crippen LogP contribution in [0.5, 0.6) is 0 Å². The van der Waals surface area contributed by atoms with E-state index in [1.807, 2.05) is 37.3 Å². The van der Waals surface area contributed by atoms with E-state index in [0.29, 0.717) is 12.0 Å². The van der Waals surface area contributed by atoms with Crippen molar-refractivity contribution >= 4 is 5.91 Å². The van der Waals surface area contributed by atoms with Crippen LogP contribution in [0.2, 0.25) is 0 Å². The summed E-state index contributed by atoms with van der Waals surface area (Å²) in [7, 11) is 0. The molecule has 0 aliphatic carbocycles. The Labute approximate surface area is 134 Å². The summed E-state index contributed by atoms with van der Waals surface area (Å²) < 4.78 is 0. The molecule has 1 heterocycles. The summed E-state index contributed by atoms with van der Waals surface area (Å²) >= 11 is 0. The fourth-order valence-corrected chi connectivity index (χ4v) is 3.64. The lowest BCUT2D eigenvalue weighted by molar-refractivity contribution is -0.141. The summed E-state index contributed by atoms with van der Waals surface area (Å²) in [5.41, 5.74) is 7.39. The third-order valence-corrected chi connectivity index (χ3v) is 5.10. The minimum absolute atomic E-state index is 0.174. The number of nitrogens with zero attached hydrogens (tertiary/aromatic N) is 1. The molecule has 0 spiro atoms. The van der Waals surface area contributed by atoms with E-state index in [1.165, 1.54) is 6.42 Å². The molecule has 2 rings (SSSR count). The molecule has 1 aromatic carbocycles. The summed E-state index contributed by atoms with van der Waals surface area (Å²) in [6.07, 6.45) is 4.56. The second-order valence-corrected chi connectivity index (χ2v) is 6.73. The predicted octanol–water partition coefficient (Wildman–Crippen LogP) is 3.75. The van der Waals surface area contributed by atoms with Gasteiger partial charge in [0.15, 0.2) is 0 Å². The van der Waals surface area contributed by atoms with Crippen LogP contribution in [0.4, 0.5) is 0 Å². The lowest BCUT2D eigenvalue weighted by Gasteiger charge is -2.42. The van der Waals surface area contributed by atoms with Gasteiger partial charge in [0.25, 0.3) is 0 Å². The molecular weight excluding hydrogens is 272 g/mol. The molecule has 3 nitrogen and oxygen atoms in total. The van der Waals surface area contributed by atoms with E-state index < -0.39 is 0 Å². The quantitative estimate of drug-likeness (QED) is 0.900. The van der Waals surface area contributed by atoms with Gasteiger partial charge >= 0.3 is 0 Å². The van der Waals surface area contributed by atoms with E-state index in [0.717, 1.165) is 31.4 Å². The molecule has 1 saturated heterocycles. The van der Waals surface area contributed by atoms with Crippen LogP contribution in [0.3, 0.4) is 0 Å². The van der Waals surface area contributed by atoms with Crippen LogP contribution in [0, 0.1) is 11.8 Å². The third kappa shape index (κ3) is 3.70. The average Bonchev–Trinajstić information content (AvgIpc) is 2.55. The number of carbonyl (C=O) groups excluding carboxylic acids is 1. The fraction of sp³-hybridized carbons (Fsp3) is 0.632. The van der Waals surface area contributed by atoms with Gasteiger partial charge in [-0.15, -0.1) is 0 Å². The molecule has 1 aliphatic heterocycles. The standard InChI is InChI=1S/C19H30N2O/c1-4-9-17-14(2)10-8-13-21(17)19(22)15(3)18(20)16-11-6-5-7-12-16/h5-7,11-12,14-15,17-18H,4,8-10,13,20H2,1-3H3. The first-order chi connectivity index (χ1) is 10.6. The summed E-state index contributed by atoms with van der Waals surface area (Å²) in [4.78, 5) is 15.1. The van der Waals surface area contributed by atoms with Gasteiger partial charge in [0.05, 0.1) is 5.92 Å². The first kappa shape index (κ1) is 17.0. The Morgan fingerprint density at radius 3 is 2.68 bits per heavy atom. The first-order valence-corrected chi connectivity index (χ1v) is 8.67. The second kappa shape index (κ2) is 7.77. The highest BCUT2D eigenvalue weighted by atomic mass is 16.2. The van der Waals surface area contributed by atoms with Gasteiger partial charge in [0.2, 0.25) is 5.91 Å². The minimum Gasteiger partial charge on any atom is -0.339 e. The monoisotopic (exact) mass is 302 g/mol. The van der Waals surface area contributed by atoms with Gasteiger partial charge < -0.3 is 10.6 Å². The molecule has 4 unspecified atom stereocenters. The number of rotatable bonds is 5. The van der Waals surface area contributed by atoms with Crippen molar-refractivity contribution in [1.82, 2.24) is 4.90 Å². The van der Waals surface area contributed by atoms with Gasteiger partial charge in [0.1, 0.15) is 0 Å². The van der Waals surface area contributed by atoms with Crippen LogP contribution < -0.4 is 5.73 Å². The van der Waals surface area contributed by atoms with Crippen molar-refractivity contribution in [3.63, 3.8) is 0 Å². The molecule has 0 radical (unpaired) electrons. The summed E-state index contributed by atoms with van der Waals surface area (Å²) in [6, 6.07) is 10.1. The van der Waals surface area contributed by atoms with Gasteiger partial charge in [-0.3, -0.25) is 4.79 Å². The highest BCUT2D eigenvalue weighted by Gasteiger charge is 2.35. The largest absolute Gasteiger partial charge is 0.339 e. The first-order valence-electron chi connectivity index (χ1n) is 8.67. The van der Waals surface area contributed by atoms with E-state index in [1.54, 1.807) is 0 Å². The Hall–Kier alpha value is -1.35. The number of likely N-dealkylation sites (tertiary alicyclic amines) is 1. The number of benzene rings is 1. The Morgan fingerprint density at radius 2 is 2.05 bits per heavy atom. The molecule has 3 heteroatoms. The smallest absolute Gasteiger partial charge is 0.227 e. The Balaban J connectivity index is 2.11. The van der Waals surface area contributed by atoms with Gasteiger partial charge in [0, 0.05) is 18.6 Å². The lowest BCUT2D eigenvalue weighted by Crippen LogP contribution is -2.50. The zero-order valence-electron chi connectivity index (χ0n) is 14.2. The molecule has 22 heavy (non-hydrogen) atoms. The van der Waals surface area contributed by atoms with Crippen LogP contribution in [-0.2, 0) is 4.79 Å². The molecule has 122 valence electrons. The number of hydrogen-bond acceptors (Lipinski definition) is 2. The van der Waals surface area contributed by atoms with Crippen LogP contribution in [0.15, 0.2) is 30.3 Å². The van der Waals surface area contributed by atoms with E-state index in [9.17, 15) is 4.79 Å². The Kier molecular flexibility index (Phi) is 6.01. The van der Waals surface area contributed by atoms with E-state index in [2.05, 4.69) is 18.7 Å². The van der Waals surface area contributed by atoms with Crippen molar-refractivity contribution < 1.29 is 4.79 Å². The van der Waals surface area contributed by atoms with Crippen LogP contribution in [0.1, 0.15) is 58.1 Å². The molecule has 0 aromatic heterocycles. The molecule has 1 amide bonds. The normalized spacial score (nSPS) is 24.8. The number of nitrogens with two attached hydrogens (primary N) is 1. The minimum atomic E-state index is -0.229. The lowest BCUT2D eigenvalue weighted by atomic mass is 9.86. The van der Waals surface area contributed by atoms with Crippen molar-refractivity contribution in [2.75, 3.05) is 6.54 Å². The zero-order valence-corrected chi connectivity index (χ0v) is 14.2. The molecule has 2 N–H and O–H groups in total. The van der Waals surface area contributed by atoms with Crippen molar-refractivity contribution in [2.24, 2.45) is 17.6 Å². The van der Waals surface area contributed by atoms with Crippen LogP contribution in [-0.4, -0.2) is 23.4 Å². The molecule has 4 atom stereocenters. The summed E-state index contributed by atoms with van der Waals surface area (Å²) in [5.74, 6) is 0.645. The number of amides is 1. The zero-order chi connectivity index (χ0) is 16.1. The average molecular weight is 302 g/mol. The summed E-state index contributed by atoms with van der Waals surface area (Å²) in [6.45, 7) is 7.34. The maximum atomic E-state index is 13.0. The highest BCUT2D eigenvalue weighted by Crippen LogP contribution is 2.30. The molecule has 0 saturated carbocycles. The topological polar surface area (TPSA) is 46.3 Å². The summed E-state index contributed by atoms with van der Waals surface area (Å²) in [5, 5.41) is 0. The van der Waals surface area contributed by atoms with E-state index in [4.69, 9.17) is 5.73 Å². The predicted molar refractivity (Wildman–Crippen MR) is 91.3 cm³/mol.